The number of rotatable bonds is 2. The molecule has 62 valence electrons. The first kappa shape index (κ1) is 7.32. The summed E-state index contributed by atoms with van der Waals surface area (Å²) >= 11 is 1.26. The van der Waals surface area contributed by atoms with Gasteiger partial charge in [-0.1, -0.05) is 0 Å². The van der Waals surface area contributed by atoms with E-state index in [4.69, 9.17) is 5.73 Å². The molecule has 0 amide bonds. The maximum atomic E-state index is 5.35. The highest BCUT2D eigenvalue weighted by molar-refractivity contribution is 7.07. The van der Waals surface area contributed by atoms with Crippen LogP contribution in [0.2, 0.25) is 0 Å². The maximum absolute atomic E-state index is 5.35. The molecule has 0 fully saturated rings. The molecule has 0 spiro atoms. The van der Waals surface area contributed by atoms with Gasteiger partial charge in [0.2, 0.25) is 5.13 Å². The number of hydrogen-bond acceptors (Lipinski definition) is 6. The van der Waals surface area contributed by atoms with Crippen molar-refractivity contribution in [2.45, 2.75) is 6.54 Å². The topological polar surface area (TPSA) is 82.5 Å². The Balaban J connectivity index is 2.35. The number of nitrogens with two attached hydrogens (primary N) is 1. The first-order chi connectivity index (χ1) is 5.90. The minimum atomic E-state index is 0.339. The largest absolute Gasteiger partial charge is 0.324 e. The highest BCUT2D eigenvalue weighted by atomic mass is 32.1. The van der Waals surface area contributed by atoms with Gasteiger partial charge in [-0.2, -0.15) is 9.06 Å². The molecule has 2 N–H and O–H groups in total. The van der Waals surface area contributed by atoms with Crippen molar-refractivity contribution in [1.29, 1.82) is 0 Å². The first-order valence-electron chi connectivity index (χ1n) is 3.28. The van der Waals surface area contributed by atoms with Gasteiger partial charge in [0.1, 0.15) is 12.7 Å². The molecule has 6 nitrogen and oxygen atoms in total. The van der Waals surface area contributed by atoms with Gasteiger partial charge in [-0.15, -0.1) is 5.10 Å². The van der Waals surface area contributed by atoms with Gasteiger partial charge in [-0.25, -0.2) is 9.97 Å². The molecule has 2 aromatic heterocycles. The van der Waals surface area contributed by atoms with Crippen LogP contribution in [0.3, 0.4) is 0 Å². The van der Waals surface area contributed by atoms with Crippen LogP contribution >= 0.6 is 11.5 Å². The number of aromatic nitrogens is 5. The monoisotopic (exact) mass is 182 g/mol. The second kappa shape index (κ2) is 2.95. The van der Waals surface area contributed by atoms with Crippen molar-refractivity contribution in [2.75, 3.05) is 0 Å². The average molecular weight is 182 g/mol. The average Bonchev–Trinajstić information content (AvgIpc) is 2.75. The zero-order chi connectivity index (χ0) is 8.39. The summed E-state index contributed by atoms with van der Waals surface area (Å²) in [4.78, 5) is 7.92. The van der Waals surface area contributed by atoms with Crippen LogP contribution in [-0.4, -0.2) is 24.1 Å². The van der Waals surface area contributed by atoms with Gasteiger partial charge in [0.05, 0.1) is 6.54 Å². The lowest BCUT2D eigenvalue weighted by Gasteiger charge is -1.88. The van der Waals surface area contributed by atoms with E-state index in [9.17, 15) is 0 Å². The smallest absolute Gasteiger partial charge is 0.231 e. The predicted molar refractivity (Wildman–Crippen MR) is 42.7 cm³/mol. The summed E-state index contributed by atoms with van der Waals surface area (Å²) in [6.45, 7) is 0.339. The molecule has 2 heterocycles. The maximum Gasteiger partial charge on any atom is 0.231 e. The molecule has 0 radical (unpaired) electrons. The summed E-state index contributed by atoms with van der Waals surface area (Å²) in [6, 6.07) is 0. The summed E-state index contributed by atoms with van der Waals surface area (Å²) in [6.07, 6.45) is 3.05. The molecule has 0 aromatic carbocycles. The van der Waals surface area contributed by atoms with Crippen molar-refractivity contribution < 1.29 is 0 Å². The van der Waals surface area contributed by atoms with Crippen LogP contribution in [0.15, 0.2) is 12.7 Å². The minimum Gasteiger partial charge on any atom is -0.324 e. The van der Waals surface area contributed by atoms with Crippen LogP contribution < -0.4 is 5.73 Å². The molecule has 0 unspecified atom stereocenters. The van der Waals surface area contributed by atoms with Gasteiger partial charge in [0, 0.05) is 11.5 Å². The SMILES string of the molecule is NCc1ncn(-c2ncns2)n1. The molecule has 2 aromatic rings. The van der Waals surface area contributed by atoms with Crippen molar-refractivity contribution in [3.8, 4) is 5.13 Å². The Kier molecular flexibility index (Phi) is 1.80. The molecule has 0 saturated heterocycles. The molecule has 7 heteroatoms. The van der Waals surface area contributed by atoms with Crippen LogP contribution in [-0.2, 0) is 6.54 Å². The lowest BCUT2D eigenvalue weighted by atomic mass is 10.6. The molecule has 0 saturated carbocycles. The summed E-state index contributed by atoms with van der Waals surface area (Å²) < 4.78 is 5.40. The van der Waals surface area contributed by atoms with Gasteiger partial charge >= 0.3 is 0 Å². The molecule has 0 bridgehead atoms. The molecular formula is C5H6N6S. The molecule has 0 aliphatic carbocycles. The normalized spacial score (nSPS) is 10.4. The van der Waals surface area contributed by atoms with Crippen molar-refractivity contribution in [3.63, 3.8) is 0 Å². The Bertz CT molecular complexity index is 352. The van der Waals surface area contributed by atoms with E-state index in [2.05, 4.69) is 19.4 Å². The molecule has 12 heavy (non-hydrogen) atoms. The van der Waals surface area contributed by atoms with E-state index >= 15 is 0 Å². The minimum absolute atomic E-state index is 0.339. The van der Waals surface area contributed by atoms with E-state index in [1.54, 1.807) is 11.0 Å². The third kappa shape index (κ3) is 1.19. The summed E-state index contributed by atoms with van der Waals surface area (Å²) in [5.41, 5.74) is 5.35. The van der Waals surface area contributed by atoms with Crippen LogP contribution in [0.4, 0.5) is 0 Å². The summed E-state index contributed by atoms with van der Waals surface area (Å²) in [5.74, 6) is 0.602. The fourth-order valence-corrected chi connectivity index (χ4v) is 1.21. The van der Waals surface area contributed by atoms with Crippen molar-refractivity contribution >= 4 is 11.5 Å². The van der Waals surface area contributed by atoms with E-state index < -0.39 is 0 Å². The van der Waals surface area contributed by atoms with E-state index in [0.29, 0.717) is 17.5 Å². The number of hydrogen-bond donors (Lipinski definition) is 1. The molecular weight excluding hydrogens is 176 g/mol. The Morgan fingerprint density at radius 1 is 1.50 bits per heavy atom. The standard InChI is InChI=1S/C5H6N6S/c6-1-4-8-3-11(10-4)5-7-2-9-12-5/h2-3H,1,6H2. The zero-order valence-electron chi connectivity index (χ0n) is 6.08. The van der Waals surface area contributed by atoms with Crippen LogP contribution in [0.25, 0.3) is 5.13 Å². The molecule has 0 atom stereocenters. The summed E-state index contributed by atoms with van der Waals surface area (Å²) in [7, 11) is 0. The van der Waals surface area contributed by atoms with E-state index in [1.807, 2.05) is 0 Å². The Morgan fingerprint density at radius 3 is 3.00 bits per heavy atom. The van der Waals surface area contributed by atoms with E-state index in [0.717, 1.165) is 0 Å². The summed E-state index contributed by atoms with van der Waals surface area (Å²) in [5, 5.41) is 4.76. The number of nitrogens with zero attached hydrogens (tertiary/aromatic N) is 5. The Morgan fingerprint density at radius 2 is 2.42 bits per heavy atom. The lowest BCUT2D eigenvalue weighted by Crippen LogP contribution is -2.00. The Labute approximate surface area is 72.2 Å². The lowest BCUT2D eigenvalue weighted by molar-refractivity contribution is 0.824. The Hall–Kier alpha value is -1.34. The van der Waals surface area contributed by atoms with Gasteiger partial charge in [0.15, 0.2) is 5.82 Å². The van der Waals surface area contributed by atoms with E-state index in [-0.39, 0.29) is 0 Å². The predicted octanol–water partition coefficient (Wildman–Crippen LogP) is -0.423. The molecule has 2 rings (SSSR count). The first-order valence-corrected chi connectivity index (χ1v) is 4.05. The van der Waals surface area contributed by atoms with Crippen LogP contribution in [0, 0.1) is 0 Å². The third-order valence-electron chi connectivity index (χ3n) is 1.27. The van der Waals surface area contributed by atoms with Gasteiger partial charge in [-0.3, -0.25) is 0 Å². The van der Waals surface area contributed by atoms with Gasteiger partial charge in [-0.05, 0) is 0 Å². The van der Waals surface area contributed by atoms with Crippen molar-refractivity contribution in [3.05, 3.63) is 18.5 Å². The van der Waals surface area contributed by atoms with E-state index in [1.165, 1.54) is 17.9 Å². The van der Waals surface area contributed by atoms with Crippen molar-refractivity contribution in [2.24, 2.45) is 5.73 Å². The molecule has 0 aliphatic heterocycles. The highest BCUT2D eigenvalue weighted by Gasteiger charge is 2.02. The zero-order valence-corrected chi connectivity index (χ0v) is 6.90. The van der Waals surface area contributed by atoms with Crippen LogP contribution in [0.1, 0.15) is 5.82 Å². The fourth-order valence-electron chi connectivity index (χ4n) is 0.751. The second-order valence-electron chi connectivity index (χ2n) is 2.03. The quantitative estimate of drug-likeness (QED) is 0.681. The highest BCUT2D eigenvalue weighted by Crippen LogP contribution is 2.05. The van der Waals surface area contributed by atoms with Gasteiger partial charge < -0.3 is 5.73 Å². The second-order valence-corrected chi connectivity index (χ2v) is 2.79. The van der Waals surface area contributed by atoms with Crippen molar-refractivity contribution in [1.82, 2.24) is 24.1 Å². The van der Waals surface area contributed by atoms with Gasteiger partial charge in [0.25, 0.3) is 0 Å². The third-order valence-corrected chi connectivity index (χ3v) is 1.92. The fraction of sp³-hybridized carbons (Fsp3) is 0.200. The van der Waals surface area contributed by atoms with Crippen LogP contribution in [0.5, 0.6) is 0 Å². The molecule has 0 aliphatic rings.